The van der Waals surface area contributed by atoms with Gasteiger partial charge in [0.2, 0.25) is 10.0 Å². The lowest BCUT2D eigenvalue weighted by Gasteiger charge is -2.23. The summed E-state index contributed by atoms with van der Waals surface area (Å²) in [6.45, 7) is 4.19. The molecule has 0 aromatic heterocycles. The van der Waals surface area contributed by atoms with E-state index in [-0.39, 0.29) is 24.1 Å². The number of carbonyl (C=O) groups excluding carboxylic acids is 1. The van der Waals surface area contributed by atoms with Crippen LogP contribution in [0.2, 0.25) is 0 Å². The van der Waals surface area contributed by atoms with Crippen LogP contribution >= 0.6 is 0 Å². The summed E-state index contributed by atoms with van der Waals surface area (Å²) in [6, 6.07) is -0.470. The fourth-order valence-electron chi connectivity index (χ4n) is 1.45. The Balaban J connectivity index is 3.82. The molecular weight excluding hydrogens is 286 g/mol. The summed E-state index contributed by atoms with van der Waals surface area (Å²) >= 11 is 0. The minimum Gasteiger partial charge on any atom is -0.481 e. The van der Waals surface area contributed by atoms with E-state index >= 15 is 0 Å². The Bertz CT molecular complexity index is 433. The van der Waals surface area contributed by atoms with Gasteiger partial charge < -0.3 is 15.7 Å². The maximum atomic E-state index is 11.3. The first-order valence-corrected chi connectivity index (χ1v) is 7.97. The minimum absolute atomic E-state index is 0.0485. The van der Waals surface area contributed by atoms with Crippen LogP contribution in [0, 0.1) is 5.41 Å². The normalized spacial score (nSPS) is 11.9. The third kappa shape index (κ3) is 11.7. The van der Waals surface area contributed by atoms with Gasteiger partial charge in [-0.05, 0) is 18.3 Å². The lowest BCUT2D eigenvalue weighted by atomic mass is 9.84. The van der Waals surface area contributed by atoms with Gasteiger partial charge in [0.1, 0.15) is 0 Å². The number of carboxylic acid groups (broad SMARTS) is 1. The molecule has 0 spiro atoms. The van der Waals surface area contributed by atoms with Crippen molar-refractivity contribution in [2.24, 2.45) is 10.6 Å². The largest absolute Gasteiger partial charge is 0.481 e. The maximum absolute atomic E-state index is 11.3. The summed E-state index contributed by atoms with van der Waals surface area (Å²) in [7, 11) is -3.58. The number of nitrogens with two attached hydrogens (primary N) is 1. The standard InChI is InChI=1S/C11H23N3O5S/c1-11(2,4-3-9(15)16)5-6-13-10(17)14-7-8-20(12,18)19/h3-8H2,1-2H3,(H,15,16)(H2,12,18,19)(H2,13,14,17). The smallest absolute Gasteiger partial charge is 0.314 e. The van der Waals surface area contributed by atoms with E-state index in [1.54, 1.807) is 0 Å². The second-order valence-corrected chi connectivity index (χ2v) is 7.09. The summed E-state index contributed by atoms with van der Waals surface area (Å²) in [4.78, 5) is 21.8. The second kappa shape index (κ2) is 8.05. The van der Waals surface area contributed by atoms with Crippen molar-refractivity contribution in [1.82, 2.24) is 10.6 Å². The molecule has 118 valence electrons. The fraction of sp³-hybridized carbons (Fsp3) is 0.818. The van der Waals surface area contributed by atoms with Crippen LogP contribution in [0.1, 0.15) is 33.1 Å². The van der Waals surface area contributed by atoms with Gasteiger partial charge in [-0.25, -0.2) is 18.4 Å². The van der Waals surface area contributed by atoms with Crippen molar-refractivity contribution in [2.45, 2.75) is 33.1 Å². The van der Waals surface area contributed by atoms with Gasteiger partial charge in [-0.3, -0.25) is 4.79 Å². The van der Waals surface area contributed by atoms with Crippen molar-refractivity contribution < 1.29 is 23.1 Å². The number of primary sulfonamides is 1. The monoisotopic (exact) mass is 309 g/mol. The molecule has 0 aromatic carbocycles. The van der Waals surface area contributed by atoms with Crippen molar-refractivity contribution in [2.75, 3.05) is 18.8 Å². The number of carbonyl (C=O) groups is 2. The first kappa shape index (κ1) is 18.7. The maximum Gasteiger partial charge on any atom is 0.314 e. The molecule has 20 heavy (non-hydrogen) atoms. The average Bonchev–Trinajstić information content (AvgIpc) is 2.24. The highest BCUT2D eigenvalue weighted by Gasteiger charge is 2.19. The molecule has 0 saturated carbocycles. The van der Waals surface area contributed by atoms with E-state index in [0.717, 1.165) is 0 Å². The molecule has 8 nitrogen and oxygen atoms in total. The van der Waals surface area contributed by atoms with E-state index in [9.17, 15) is 18.0 Å². The number of amides is 2. The van der Waals surface area contributed by atoms with E-state index in [0.29, 0.717) is 19.4 Å². The minimum atomic E-state index is -3.58. The molecule has 0 aromatic rings. The third-order valence-corrected chi connectivity index (χ3v) is 3.55. The van der Waals surface area contributed by atoms with Crippen LogP contribution in [0.4, 0.5) is 4.79 Å². The van der Waals surface area contributed by atoms with Gasteiger partial charge in [-0.2, -0.15) is 0 Å². The van der Waals surface area contributed by atoms with Gasteiger partial charge in [-0.1, -0.05) is 13.8 Å². The zero-order valence-electron chi connectivity index (χ0n) is 11.8. The summed E-state index contributed by atoms with van der Waals surface area (Å²) in [6.07, 6.45) is 1.24. The molecule has 0 atom stereocenters. The van der Waals surface area contributed by atoms with Gasteiger partial charge in [0, 0.05) is 19.5 Å². The number of aliphatic carboxylic acids is 1. The molecule has 0 fully saturated rings. The SMILES string of the molecule is CC(C)(CCNC(=O)NCCS(N)(=O)=O)CCC(=O)O. The average molecular weight is 309 g/mol. The van der Waals surface area contributed by atoms with Crippen LogP contribution in [-0.2, 0) is 14.8 Å². The fourth-order valence-corrected chi connectivity index (χ4v) is 1.84. The number of nitrogens with one attached hydrogen (secondary N) is 2. The Morgan fingerprint density at radius 3 is 2.20 bits per heavy atom. The quantitative estimate of drug-likeness (QED) is 0.469. The van der Waals surface area contributed by atoms with Crippen LogP contribution in [0.25, 0.3) is 0 Å². The number of hydrogen-bond donors (Lipinski definition) is 4. The number of urea groups is 1. The van der Waals surface area contributed by atoms with Gasteiger partial charge in [0.05, 0.1) is 5.75 Å². The summed E-state index contributed by atoms with van der Waals surface area (Å²) in [5.41, 5.74) is -0.188. The van der Waals surface area contributed by atoms with Crippen LogP contribution in [-0.4, -0.2) is 44.4 Å². The zero-order valence-corrected chi connectivity index (χ0v) is 12.6. The highest BCUT2D eigenvalue weighted by Crippen LogP contribution is 2.25. The van der Waals surface area contributed by atoms with E-state index in [1.807, 2.05) is 13.8 Å². The Morgan fingerprint density at radius 2 is 1.70 bits per heavy atom. The molecule has 0 unspecified atom stereocenters. The predicted molar refractivity (Wildman–Crippen MR) is 74.6 cm³/mol. The van der Waals surface area contributed by atoms with Crippen LogP contribution < -0.4 is 15.8 Å². The van der Waals surface area contributed by atoms with Crippen molar-refractivity contribution in [1.29, 1.82) is 0 Å². The van der Waals surface area contributed by atoms with Gasteiger partial charge >= 0.3 is 12.0 Å². The highest BCUT2D eigenvalue weighted by molar-refractivity contribution is 7.89. The molecule has 5 N–H and O–H groups in total. The van der Waals surface area contributed by atoms with Crippen molar-refractivity contribution in [3.8, 4) is 0 Å². The summed E-state index contributed by atoms with van der Waals surface area (Å²) in [5.74, 6) is -1.16. The van der Waals surface area contributed by atoms with Crippen LogP contribution in [0.5, 0.6) is 0 Å². The van der Waals surface area contributed by atoms with Crippen molar-refractivity contribution >= 4 is 22.0 Å². The molecule has 0 saturated heterocycles. The first-order valence-electron chi connectivity index (χ1n) is 6.26. The van der Waals surface area contributed by atoms with E-state index < -0.39 is 22.0 Å². The molecule has 2 amide bonds. The van der Waals surface area contributed by atoms with Gasteiger partial charge in [0.15, 0.2) is 0 Å². The summed E-state index contributed by atoms with van der Waals surface area (Å²) in [5, 5.41) is 18.4. The number of rotatable bonds is 9. The molecule has 0 aliphatic rings. The Hall–Kier alpha value is -1.35. The van der Waals surface area contributed by atoms with Crippen LogP contribution in [0.15, 0.2) is 0 Å². The first-order chi connectivity index (χ1) is 9.02. The van der Waals surface area contributed by atoms with Gasteiger partial charge in [0.25, 0.3) is 0 Å². The molecule has 9 heteroatoms. The summed E-state index contributed by atoms with van der Waals surface area (Å²) < 4.78 is 21.3. The topological polar surface area (TPSA) is 139 Å². The number of hydrogen-bond acceptors (Lipinski definition) is 4. The molecule has 0 rings (SSSR count). The molecule has 0 aliphatic carbocycles. The zero-order chi connectivity index (χ0) is 15.8. The van der Waals surface area contributed by atoms with E-state index in [4.69, 9.17) is 10.2 Å². The Kier molecular flexibility index (Phi) is 7.51. The molecule has 0 heterocycles. The molecule has 0 aliphatic heterocycles. The highest BCUT2D eigenvalue weighted by atomic mass is 32.2. The van der Waals surface area contributed by atoms with Gasteiger partial charge in [-0.15, -0.1) is 0 Å². The Morgan fingerprint density at radius 1 is 1.15 bits per heavy atom. The molecular formula is C11H23N3O5S. The van der Waals surface area contributed by atoms with Crippen LogP contribution in [0.3, 0.4) is 0 Å². The second-order valence-electron chi connectivity index (χ2n) is 5.36. The van der Waals surface area contributed by atoms with Crippen molar-refractivity contribution in [3.05, 3.63) is 0 Å². The lowest BCUT2D eigenvalue weighted by molar-refractivity contribution is -0.137. The molecule has 0 bridgehead atoms. The van der Waals surface area contributed by atoms with E-state index in [2.05, 4.69) is 10.6 Å². The molecule has 0 radical (unpaired) electrons. The van der Waals surface area contributed by atoms with E-state index in [1.165, 1.54) is 0 Å². The number of carboxylic acids is 1. The van der Waals surface area contributed by atoms with Crippen molar-refractivity contribution in [3.63, 3.8) is 0 Å². The Labute approximate surface area is 119 Å². The third-order valence-electron chi connectivity index (χ3n) is 2.78. The number of sulfonamides is 1. The lowest BCUT2D eigenvalue weighted by Crippen LogP contribution is -2.40. The predicted octanol–water partition coefficient (Wildman–Crippen LogP) is -0.145.